The zero-order chi connectivity index (χ0) is 13.0. The summed E-state index contributed by atoms with van der Waals surface area (Å²) in [5.41, 5.74) is 8.35. The second kappa shape index (κ2) is 5.76. The van der Waals surface area contributed by atoms with Crippen molar-refractivity contribution in [2.75, 3.05) is 6.61 Å². The van der Waals surface area contributed by atoms with Gasteiger partial charge in [0.1, 0.15) is 11.6 Å². The average molecular weight is 248 g/mol. The van der Waals surface area contributed by atoms with Crippen molar-refractivity contribution in [1.29, 1.82) is 0 Å². The van der Waals surface area contributed by atoms with Gasteiger partial charge in [0, 0.05) is 0 Å². The summed E-state index contributed by atoms with van der Waals surface area (Å²) in [4.78, 5) is 0. The normalized spacial score (nSPS) is 17.1. The Balaban J connectivity index is 1.98. The molecule has 0 radical (unpaired) electrons. The predicted octanol–water partition coefficient (Wildman–Crippen LogP) is 2.33. The highest BCUT2D eigenvalue weighted by molar-refractivity contribution is 5.81. The van der Waals surface area contributed by atoms with Crippen LogP contribution in [0.1, 0.15) is 30.9 Å². The topological polar surface area (TPSA) is 67.8 Å². The lowest BCUT2D eigenvalue weighted by atomic mass is 9.92. The minimum absolute atomic E-state index is 0.0916. The van der Waals surface area contributed by atoms with Crippen molar-refractivity contribution in [3.8, 4) is 5.75 Å². The van der Waals surface area contributed by atoms with E-state index in [9.17, 15) is 0 Å². The standard InChI is InChI=1S/C14H20N2O2/c1-10(14(15)16-17)9-18-13-7-6-11-4-2-3-5-12(11)8-13/h6-8,10,17H,2-5,9H2,1H3,(H2,15,16). The summed E-state index contributed by atoms with van der Waals surface area (Å²) in [5, 5.41) is 11.6. The van der Waals surface area contributed by atoms with Gasteiger partial charge in [0.25, 0.3) is 0 Å². The number of amidine groups is 1. The van der Waals surface area contributed by atoms with Crippen LogP contribution in [-0.2, 0) is 12.8 Å². The molecule has 0 aromatic heterocycles. The number of aryl methyl sites for hydroxylation is 2. The van der Waals surface area contributed by atoms with Gasteiger partial charge >= 0.3 is 0 Å². The number of benzene rings is 1. The maximum absolute atomic E-state index is 8.57. The van der Waals surface area contributed by atoms with Gasteiger partial charge in [0.05, 0.1) is 12.5 Å². The zero-order valence-corrected chi connectivity index (χ0v) is 10.7. The van der Waals surface area contributed by atoms with Gasteiger partial charge in [-0.05, 0) is 48.9 Å². The van der Waals surface area contributed by atoms with Crippen molar-refractivity contribution in [1.82, 2.24) is 0 Å². The molecule has 2 rings (SSSR count). The summed E-state index contributed by atoms with van der Waals surface area (Å²) in [6.07, 6.45) is 4.86. The number of hydrogen-bond acceptors (Lipinski definition) is 3. The molecule has 1 aromatic carbocycles. The molecule has 18 heavy (non-hydrogen) atoms. The lowest BCUT2D eigenvalue weighted by Gasteiger charge is -2.17. The van der Waals surface area contributed by atoms with Gasteiger partial charge in [-0.15, -0.1) is 0 Å². The summed E-state index contributed by atoms with van der Waals surface area (Å²) in [6.45, 7) is 2.29. The summed E-state index contributed by atoms with van der Waals surface area (Å²) in [5.74, 6) is 0.979. The highest BCUT2D eigenvalue weighted by Gasteiger charge is 2.12. The van der Waals surface area contributed by atoms with E-state index >= 15 is 0 Å². The predicted molar refractivity (Wildman–Crippen MR) is 71.2 cm³/mol. The Hall–Kier alpha value is -1.71. The molecule has 0 heterocycles. The van der Waals surface area contributed by atoms with Crippen LogP contribution < -0.4 is 10.5 Å². The average Bonchev–Trinajstić information content (AvgIpc) is 2.43. The second-order valence-electron chi connectivity index (χ2n) is 4.87. The number of rotatable bonds is 4. The molecule has 4 heteroatoms. The van der Waals surface area contributed by atoms with Crippen LogP contribution in [0.4, 0.5) is 0 Å². The van der Waals surface area contributed by atoms with Crippen LogP contribution in [0.25, 0.3) is 0 Å². The minimum Gasteiger partial charge on any atom is -0.493 e. The number of hydrogen-bond donors (Lipinski definition) is 2. The first kappa shape index (κ1) is 12.7. The van der Waals surface area contributed by atoms with Crippen LogP contribution in [0.5, 0.6) is 5.75 Å². The number of fused-ring (bicyclic) bond motifs is 1. The molecular weight excluding hydrogens is 228 g/mol. The largest absolute Gasteiger partial charge is 0.493 e. The van der Waals surface area contributed by atoms with Crippen LogP contribution in [0, 0.1) is 5.92 Å². The van der Waals surface area contributed by atoms with E-state index in [0.29, 0.717) is 6.61 Å². The SMILES string of the molecule is CC(COc1ccc2c(c1)CCCC2)/C(N)=N/O. The molecule has 0 spiro atoms. The zero-order valence-electron chi connectivity index (χ0n) is 10.7. The molecular formula is C14H20N2O2. The molecule has 98 valence electrons. The molecule has 1 aliphatic rings. The fraction of sp³-hybridized carbons (Fsp3) is 0.500. The Morgan fingerprint density at radius 3 is 2.83 bits per heavy atom. The first-order valence-electron chi connectivity index (χ1n) is 6.42. The van der Waals surface area contributed by atoms with Crippen LogP contribution >= 0.6 is 0 Å². The summed E-state index contributed by atoms with van der Waals surface area (Å²) in [6, 6.07) is 6.27. The van der Waals surface area contributed by atoms with Gasteiger partial charge in [-0.25, -0.2) is 0 Å². The van der Waals surface area contributed by atoms with Crippen molar-refractivity contribution < 1.29 is 9.94 Å². The molecule has 0 fully saturated rings. The molecule has 1 aliphatic carbocycles. The van der Waals surface area contributed by atoms with Crippen molar-refractivity contribution >= 4 is 5.84 Å². The van der Waals surface area contributed by atoms with E-state index in [1.54, 1.807) is 0 Å². The van der Waals surface area contributed by atoms with Crippen molar-refractivity contribution in [2.24, 2.45) is 16.8 Å². The Morgan fingerprint density at radius 2 is 2.11 bits per heavy atom. The second-order valence-corrected chi connectivity index (χ2v) is 4.87. The Bertz CT molecular complexity index is 443. The Labute approximate surface area is 107 Å². The fourth-order valence-electron chi connectivity index (χ4n) is 2.20. The molecule has 0 saturated heterocycles. The van der Waals surface area contributed by atoms with Gasteiger partial charge in [0.15, 0.2) is 0 Å². The number of nitrogens with two attached hydrogens (primary N) is 1. The maximum Gasteiger partial charge on any atom is 0.145 e. The third-order valence-corrected chi connectivity index (χ3v) is 3.44. The lowest BCUT2D eigenvalue weighted by Crippen LogP contribution is -2.26. The monoisotopic (exact) mass is 248 g/mol. The van der Waals surface area contributed by atoms with Gasteiger partial charge in [0.2, 0.25) is 0 Å². The maximum atomic E-state index is 8.57. The van der Waals surface area contributed by atoms with Crippen molar-refractivity contribution in [3.05, 3.63) is 29.3 Å². The number of oxime groups is 1. The summed E-state index contributed by atoms with van der Waals surface area (Å²) < 4.78 is 5.68. The molecule has 1 aromatic rings. The van der Waals surface area contributed by atoms with E-state index in [2.05, 4.69) is 17.3 Å². The van der Waals surface area contributed by atoms with E-state index in [4.69, 9.17) is 15.7 Å². The molecule has 3 N–H and O–H groups in total. The molecule has 1 unspecified atom stereocenters. The summed E-state index contributed by atoms with van der Waals surface area (Å²) in [7, 11) is 0. The first-order chi connectivity index (χ1) is 8.70. The molecule has 0 bridgehead atoms. The van der Waals surface area contributed by atoms with Gasteiger partial charge in [-0.3, -0.25) is 0 Å². The van der Waals surface area contributed by atoms with Crippen LogP contribution in [-0.4, -0.2) is 17.6 Å². The van der Waals surface area contributed by atoms with E-state index in [0.717, 1.165) is 12.2 Å². The van der Waals surface area contributed by atoms with Gasteiger partial charge < -0.3 is 15.7 Å². The van der Waals surface area contributed by atoms with Crippen LogP contribution in [0.3, 0.4) is 0 Å². The fourth-order valence-corrected chi connectivity index (χ4v) is 2.20. The molecule has 1 atom stereocenters. The summed E-state index contributed by atoms with van der Waals surface area (Å²) >= 11 is 0. The van der Waals surface area contributed by atoms with E-state index < -0.39 is 0 Å². The molecule has 0 amide bonds. The van der Waals surface area contributed by atoms with Crippen LogP contribution in [0.2, 0.25) is 0 Å². The third-order valence-electron chi connectivity index (χ3n) is 3.44. The van der Waals surface area contributed by atoms with Crippen LogP contribution in [0.15, 0.2) is 23.4 Å². The van der Waals surface area contributed by atoms with Gasteiger partial charge in [-0.1, -0.05) is 18.1 Å². The van der Waals surface area contributed by atoms with E-state index in [1.165, 1.54) is 30.4 Å². The highest BCUT2D eigenvalue weighted by atomic mass is 16.5. The van der Waals surface area contributed by atoms with Gasteiger partial charge in [-0.2, -0.15) is 0 Å². The number of ether oxygens (including phenoxy) is 1. The van der Waals surface area contributed by atoms with E-state index in [1.807, 2.05) is 13.0 Å². The quantitative estimate of drug-likeness (QED) is 0.372. The Morgan fingerprint density at radius 1 is 1.39 bits per heavy atom. The highest BCUT2D eigenvalue weighted by Crippen LogP contribution is 2.25. The third kappa shape index (κ3) is 2.94. The number of nitrogens with zero attached hydrogens (tertiary/aromatic N) is 1. The lowest BCUT2D eigenvalue weighted by molar-refractivity contribution is 0.279. The van der Waals surface area contributed by atoms with E-state index in [-0.39, 0.29) is 11.8 Å². The molecule has 0 aliphatic heterocycles. The molecule has 0 saturated carbocycles. The van der Waals surface area contributed by atoms with Crippen molar-refractivity contribution in [2.45, 2.75) is 32.6 Å². The smallest absolute Gasteiger partial charge is 0.145 e. The minimum atomic E-state index is -0.0916. The first-order valence-corrected chi connectivity index (χ1v) is 6.42. The molecule has 4 nitrogen and oxygen atoms in total. The Kier molecular flexibility index (Phi) is 4.07. The van der Waals surface area contributed by atoms with Crippen molar-refractivity contribution in [3.63, 3.8) is 0 Å².